The van der Waals surface area contributed by atoms with E-state index in [9.17, 15) is 37.1 Å². The third-order valence-corrected chi connectivity index (χ3v) is 7.18. The number of cyclic esters (lactones) is 1. The van der Waals surface area contributed by atoms with Crippen LogP contribution in [0.2, 0.25) is 0 Å². The number of ether oxygens (including phenoxy) is 1. The molecule has 0 radical (unpaired) electrons. The van der Waals surface area contributed by atoms with Gasteiger partial charge in [0.15, 0.2) is 0 Å². The first-order valence-corrected chi connectivity index (χ1v) is 12.4. The summed E-state index contributed by atoms with van der Waals surface area (Å²) in [5, 5.41) is 23.3. The normalized spacial score (nSPS) is 16.5. The van der Waals surface area contributed by atoms with Gasteiger partial charge in [0.2, 0.25) is 5.60 Å². The van der Waals surface area contributed by atoms with Gasteiger partial charge in [-0.15, -0.1) is 0 Å². The van der Waals surface area contributed by atoms with Crippen LogP contribution in [0.1, 0.15) is 62.2 Å². The molecular formula is C30H21F4NO6. The van der Waals surface area contributed by atoms with E-state index in [2.05, 4.69) is 17.2 Å². The van der Waals surface area contributed by atoms with Gasteiger partial charge >= 0.3 is 18.1 Å². The fourth-order valence-corrected chi connectivity index (χ4v) is 4.79. The van der Waals surface area contributed by atoms with E-state index in [1.807, 2.05) is 0 Å². The molecule has 41 heavy (non-hydrogen) atoms. The Hall–Kier alpha value is -4.69. The topological polar surface area (TPSA) is 113 Å². The maximum absolute atomic E-state index is 14.9. The highest BCUT2D eigenvalue weighted by atomic mass is 19.4. The maximum Gasteiger partial charge on any atom is 0.416 e. The number of aromatic carboxylic acids is 1. The summed E-state index contributed by atoms with van der Waals surface area (Å²) < 4.78 is 60.0. The summed E-state index contributed by atoms with van der Waals surface area (Å²) in [5.41, 5.74) is -3.87. The van der Waals surface area contributed by atoms with Crippen LogP contribution in [0.4, 0.5) is 23.2 Å². The zero-order valence-corrected chi connectivity index (χ0v) is 21.1. The van der Waals surface area contributed by atoms with Crippen molar-refractivity contribution in [2.75, 3.05) is 5.32 Å². The molecule has 1 saturated carbocycles. The first-order chi connectivity index (χ1) is 19.3. The van der Waals surface area contributed by atoms with Gasteiger partial charge in [-0.1, -0.05) is 11.8 Å². The third-order valence-electron chi connectivity index (χ3n) is 7.18. The minimum absolute atomic E-state index is 0.00772. The number of hydrogen-bond donors (Lipinski definition) is 3. The Balaban J connectivity index is 1.50. The average molecular weight is 567 g/mol. The molecular weight excluding hydrogens is 546 g/mol. The summed E-state index contributed by atoms with van der Waals surface area (Å²) in [7, 11) is 0. The van der Waals surface area contributed by atoms with E-state index in [4.69, 9.17) is 9.84 Å². The van der Waals surface area contributed by atoms with Crippen LogP contribution < -0.4 is 5.32 Å². The zero-order chi connectivity index (χ0) is 29.6. The lowest BCUT2D eigenvalue weighted by atomic mass is 9.81. The number of fused-ring (bicyclic) bond motifs is 1. The lowest BCUT2D eigenvalue weighted by molar-refractivity contribution is -0.137. The minimum Gasteiger partial charge on any atom is -0.478 e. The van der Waals surface area contributed by atoms with Crippen LogP contribution in [-0.2, 0) is 27.7 Å². The molecule has 3 aromatic rings. The van der Waals surface area contributed by atoms with Crippen LogP contribution in [0.3, 0.4) is 0 Å². The summed E-state index contributed by atoms with van der Waals surface area (Å²) in [6, 6.07) is 11.7. The molecule has 3 N–H and O–H groups in total. The lowest BCUT2D eigenvalue weighted by Crippen LogP contribution is -2.44. The number of benzene rings is 3. The van der Waals surface area contributed by atoms with Gasteiger partial charge in [-0.2, -0.15) is 13.2 Å². The Labute approximate surface area is 230 Å². The average Bonchev–Trinajstić information content (AvgIpc) is 3.60. The molecule has 0 aromatic heterocycles. The Morgan fingerprint density at radius 3 is 2.37 bits per heavy atom. The Morgan fingerprint density at radius 1 is 1.02 bits per heavy atom. The fourth-order valence-electron chi connectivity index (χ4n) is 4.79. The van der Waals surface area contributed by atoms with Gasteiger partial charge in [-0.25, -0.2) is 14.0 Å². The molecule has 0 saturated heterocycles. The third kappa shape index (κ3) is 5.64. The number of alkyl halides is 3. The summed E-state index contributed by atoms with van der Waals surface area (Å²) >= 11 is 0. The smallest absolute Gasteiger partial charge is 0.416 e. The van der Waals surface area contributed by atoms with Gasteiger partial charge < -0.3 is 20.3 Å². The number of carboxylic acid groups (broad SMARTS) is 1. The van der Waals surface area contributed by atoms with E-state index in [0.717, 1.165) is 0 Å². The SMILES string of the molecule is O=C(O)c1ccc(C#CC(O)(CC2(c3cc(C(F)(F)F)ccc3F)CC2)C(=O)Nc2ccc3c(c2)COC3=O)cc1. The molecule has 1 aliphatic carbocycles. The highest BCUT2D eigenvalue weighted by Gasteiger charge is 2.54. The Bertz CT molecular complexity index is 1630. The van der Waals surface area contributed by atoms with Gasteiger partial charge in [0.25, 0.3) is 5.91 Å². The molecule has 1 heterocycles. The van der Waals surface area contributed by atoms with Gasteiger partial charge in [-0.05, 0) is 79.1 Å². The fraction of sp³-hybridized carbons (Fsp3) is 0.233. The number of aliphatic hydroxyl groups is 1. The molecule has 1 aliphatic heterocycles. The van der Waals surface area contributed by atoms with Crippen molar-refractivity contribution in [2.45, 2.75) is 43.1 Å². The highest BCUT2D eigenvalue weighted by molar-refractivity contribution is 6.01. The second-order valence-corrected chi connectivity index (χ2v) is 10.0. The monoisotopic (exact) mass is 567 g/mol. The highest BCUT2D eigenvalue weighted by Crippen LogP contribution is 2.55. The molecule has 5 rings (SSSR count). The summed E-state index contributed by atoms with van der Waals surface area (Å²) in [6.45, 7) is -0.00772. The summed E-state index contributed by atoms with van der Waals surface area (Å²) in [4.78, 5) is 36.4. The Kier molecular flexibility index (Phi) is 6.83. The van der Waals surface area contributed by atoms with Crippen LogP contribution >= 0.6 is 0 Å². The van der Waals surface area contributed by atoms with Crippen molar-refractivity contribution >= 4 is 23.5 Å². The molecule has 1 atom stereocenters. The van der Waals surface area contributed by atoms with Crippen LogP contribution in [0.25, 0.3) is 0 Å². The molecule has 1 fully saturated rings. The number of halogens is 4. The van der Waals surface area contributed by atoms with Crippen LogP contribution in [0.5, 0.6) is 0 Å². The number of hydrogen-bond acceptors (Lipinski definition) is 5. The van der Waals surface area contributed by atoms with Crippen LogP contribution in [-0.4, -0.2) is 33.7 Å². The quantitative estimate of drug-likeness (QED) is 0.218. The molecule has 11 heteroatoms. The number of carbonyl (C=O) groups is 3. The second kappa shape index (κ2) is 10.1. The van der Waals surface area contributed by atoms with E-state index < -0.39 is 52.8 Å². The number of rotatable bonds is 6. The van der Waals surface area contributed by atoms with E-state index in [1.165, 1.54) is 42.5 Å². The van der Waals surface area contributed by atoms with Gasteiger partial charge in [0, 0.05) is 28.7 Å². The van der Waals surface area contributed by atoms with Crippen molar-refractivity contribution in [1.82, 2.24) is 0 Å². The van der Waals surface area contributed by atoms with E-state index in [1.54, 1.807) is 0 Å². The van der Waals surface area contributed by atoms with Gasteiger partial charge in [-0.3, -0.25) is 4.79 Å². The molecule has 1 unspecified atom stereocenters. The van der Waals surface area contributed by atoms with Crippen molar-refractivity contribution in [3.8, 4) is 11.8 Å². The number of anilines is 1. The van der Waals surface area contributed by atoms with Crippen LogP contribution in [0, 0.1) is 17.7 Å². The lowest BCUT2D eigenvalue weighted by Gasteiger charge is -2.28. The standard InChI is InChI=1S/C30H21F4NO6/c31-24-8-5-20(30(32,33)34)14-23(24)28(11-12-28)16-29(40,10-9-17-1-3-18(4-2-17)25(36)37)27(39)35-21-6-7-22-19(13-21)15-41-26(22)38/h1-8,13-14,40H,11-12,15-16H2,(H,35,39)(H,36,37). The van der Waals surface area contributed by atoms with Gasteiger partial charge in [0.1, 0.15) is 12.4 Å². The number of carbonyl (C=O) groups excluding carboxylic acids is 2. The van der Waals surface area contributed by atoms with E-state index >= 15 is 0 Å². The molecule has 1 amide bonds. The molecule has 2 aliphatic rings. The molecule has 0 spiro atoms. The summed E-state index contributed by atoms with van der Waals surface area (Å²) in [5.74, 6) is 1.51. The van der Waals surface area contributed by atoms with Crippen molar-refractivity contribution in [2.24, 2.45) is 0 Å². The number of carboxylic acids is 1. The second-order valence-electron chi connectivity index (χ2n) is 10.0. The van der Waals surface area contributed by atoms with Crippen LogP contribution in [0.15, 0.2) is 60.7 Å². The number of amides is 1. The van der Waals surface area contributed by atoms with E-state index in [-0.39, 0.29) is 41.8 Å². The van der Waals surface area contributed by atoms with Crippen molar-refractivity contribution in [3.63, 3.8) is 0 Å². The predicted molar refractivity (Wildman–Crippen MR) is 136 cm³/mol. The predicted octanol–water partition coefficient (Wildman–Crippen LogP) is 5.06. The first kappa shape index (κ1) is 27.9. The maximum atomic E-state index is 14.9. The molecule has 7 nitrogen and oxygen atoms in total. The molecule has 210 valence electrons. The summed E-state index contributed by atoms with van der Waals surface area (Å²) in [6.07, 6.45) is -4.84. The Morgan fingerprint density at radius 2 is 1.73 bits per heavy atom. The van der Waals surface area contributed by atoms with E-state index in [0.29, 0.717) is 29.3 Å². The number of nitrogens with one attached hydrogen (secondary N) is 1. The van der Waals surface area contributed by atoms with Crippen molar-refractivity contribution in [1.29, 1.82) is 0 Å². The molecule has 3 aromatic carbocycles. The first-order valence-electron chi connectivity index (χ1n) is 12.4. The zero-order valence-electron chi connectivity index (χ0n) is 21.1. The van der Waals surface area contributed by atoms with Gasteiger partial charge in [0.05, 0.1) is 16.7 Å². The van der Waals surface area contributed by atoms with Crippen molar-refractivity contribution < 1.29 is 46.9 Å². The van der Waals surface area contributed by atoms with Crippen molar-refractivity contribution in [3.05, 3.63) is 99.9 Å². The number of esters is 1. The largest absolute Gasteiger partial charge is 0.478 e. The minimum atomic E-state index is -4.73. The molecule has 0 bridgehead atoms.